The quantitative estimate of drug-likeness (QED) is 0.729. The van der Waals surface area contributed by atoms with Gasteiger partial charge in [0.25, 0.3) is 0 Å². The Morgan fingerprint density at radius 1 is 1.31 bits per heavy atom. The highest BCUT2D eigenvalue weighted by molar-refractivity contribution is 7.99. The van der Waals surface area contributed by atoms with Gasteiger partial charge in [0.05, 0.1) is 6.61 Å². The number of nitrogen functional groups attached to an aromatic ring is 1. The van der Waals surface area contributed by atoms with E-state index in [2.05, 4.69) is 19.9 Å². The normalized spacial score (nSPS) is 10.8. The summed E-state index contributed by atoms with van der Waals surface area (Å²) in [6.07, 6.45) is 0. The molecule has 0 amide bonds. The fraction of sp³-hybridized carbons (Fsp3) is 0.667. The molecule has 0 atom stereocenters. The first-order valence-electron chi connectivity index (χ1n) is 5.03. The summed E-state index contributed by atoms with van der Waals surface area (Å²) in [6, 6.07) is 0.294. The third-order valence-electron chi connectivity index (χ3n) is 1.65. The Kier molecular flexibility index (Phi) is 5.27. The lowest BCUT2D eigenvalue weighted by molar-refractivity contribution is 0.308. The number of ether oxygens (including phenoxy) is 1. The molecule has 1 aromatic heterocycles. The first-order chi connectivity index (χ1) is 7.61. The number of anilines is 1. The topological polar surface area (TPSA) is 77.2 Å². The summed E-state index contributed by atoms with van der Waals surface area (Å²) >= 11 is 1.54. The summed E-state index contributed by atoms with van der Waals surface area (Å²) in [5.41, 5.74) is 5.56. The molecule has 0 aliphatic heterocycles. The lowest BCUT2D eigenvalue weighted by Gasteiger charge is -2.08. The molecular formula is C9H17N5OS. The van der Waals surface area contributed by atoms with Gasteiger partial charge in [-0.05, 0) is 21.0 Å². The fourth-order valence-electron chi connectivity index (χ4n) is 0.931. The van der Waals surface area contributed by atoms with Crippen molar-refractivity contribution in [3.8, 4) is 6.01 Å². The smallest absolute Gasteiger partial charge is 0.322 e. The molecule has 0 saturated carbocycles. The molecule has 1 heterocycles. The predicted octanol–water partition coefficient (Wildman–Crippen LogP) is 0.506. The van der Waals surface area contributed by atoms with Crippen LogP contribution in [0.25, 0.3) is 0 Å². The lowest BCUT2D eigenvalue weighted by Crippen LogP contribution is -2.15. The van der Waals surface area contributed by atoms with Crippen LogP contribution < -0.4 is 10.5 Å². The maximum atomic E-state index is 5.56. The van der Waals surface area contributed by atoms with Gasteiger partial charge >= 0.3 is 6.01 Å². The summed E-state index contributed by atoms with van der Waals surface area (Å²) in [6.45, 7) is 3.35. The second kappa shape index (κ2) is 6.49. The highest BCUT2D eigenvalue weighted by atomic mass is 32.2. The molecule has 0 aromatic carbocycles. The zero-order valence-electron chi connectivity index (χ0n) is 9.80. The zero-order valence-corrected chi connectivity index (χ0v) is 10.6. The zero-order chi connectivity index (χ0) is 12.0. The standard InChI is InChI=1S/C9H17N5OS/c1-4-15-8-11-7(10)12-9(13-8)16-6-5-14(2)3/h4-6H2,1-3H3,(H2,10,11,12,13). The van der Waals surface area contributed by atoms with Crippen LogP contribution in [0.15, 0.2) is 5.16 Å². The molecule has 0 spiro atoms. The summed E-state index contributed by atoms with van der Waals surface area (Å²) in [4.78, 5) is 14.1. The van der Waals surface area contributed by atoms with Crippen molar-refractivity contribution in [1.82, 2.24) is 19.9 Å². The van der Waals surface area contributed by atoms with Gasteiger partial charge in [-0.3, -0.25) is 0 Å². The molecule has 0 unspecified atom stereocenters. The Morgan fingerprint density at radius 2 is 2.06 bits per heavy atom. The maximum absolute atomic E-state index is 5.56. The highest BCUT2D eigenvalue weighted by Gasteiger charge is 2.05. The van der Waals surface area contributed by atoms with Gasteiger partial charge in [-0.1, -0.05) is 11.8 Å². The van der Waals surface area contributed by atoms with Crippen LogP contribution in [0, 0.1) is 0 Å². The number of nitrogens with zero attached hydrogens (tertiary/aromatic N) is 4. The van der Waals surface area contributed by atoms with Crippen molar-refractivity contribution in [3.05, 3.63) is 0 Å². The van der Waals surface area contributed by atoms with Gasteiger partial charge in [0.2, 0.25) is 5.95 Å². The average molecular weight is 243 g/mol. The molecule has 0 aliphatic carbocycles. The van der Waals surface area contributed by atoms with Gasteiger partial charge in [0, 0.05) is 12.3 Å². The Morgan fingerprint density at radius 3 is 2.69 bits per heavy atom. The van der Waals surface area contributed by atoms with Crippen LogP contribution in [0.1, 0.15) is 6.92 Å². The van der Waals surface area contributed by atoms with E-state index in [9.17, 15) is 0 Å². The fourth-order valence-corrected chi connectivity index (χ4v) is 1.87. The molecule has 90 valence electrons. The van der Waals surface area contributed by atoms with Crippen LogP contribution >= 0.6 is 11.8 Å². The van der Waals surface area contributed by atoms with Crippen molar-refractivity contribution in [3.63, 3.8) is 0 Å². The number of nitrogens with two attached hydrogens (primary N) is 1. The van der Waals surface area contributed by atoms with E-state index in [-0.39, 0.29) is 5.95 Å². The monoisotopic (exact) mass is 243 g/mol. The number of hydrogen-bond donors (Lipinski definition) is 1. The largest absolute Gasteiger partial charge is 0.464 e. The SMILES string of the molecule is CCOc1nc(N)nc(SCCN(C)C)n1. The van der Waals surface area contributed by atoms with Crippen LogP contribution in [-0.2, 0) is 0 Å². The van der Waals surface area contributed by atoms with Gasteiger partial charge in [0.15, 0.2) is 5.16 Å². The van der Waals surface area contributed by atoms with Gasteiger partial charge in [-0.15, -0.1) is 0 Å². The number of rotatable bonds is 6. The minimum Gasteiger partial charge on any atom is -0.464 e. The Bertz CT molecular complexity index is 334. The predicted molar refractivity (Wildman–Crippen MR) is 64.7 cm³/mol. The van der Waals surface area contributed by atoms with E-state index in [1.54, 1.807) is 0 Å². The molecule has 1 aromatic rings. The first-order valence-corrected chi connectivity index (χ1v) is 6.02. The lowest BCUT2D eigenvalue weighted by atomic mass is 10.7. The van der Waals surface area contributed by atoms with E-state index >= 15 is 0 Å². The Balaban J connectivity index is 2.58. The average Bonchev–Trinajstić information content (AvgIpc) is 2.16. The van der Waals surface area contributed by atoms with Crippen LogP contribution in [-0.4, -0.2) is 52.9 Å². The Labute approximate surface area is 99.6 Å². The van der Waals surface area contributed by atoms with Gasteiger partial charge < -0.3 is 15.4 Å². The maximum Gasteiger partial charge on any atom is 0.322 e. The second-order valence-corrected chi connectivity index (χ2v) is 4.41. The van der Waals surface area contributed by atoms with Crippen LogP contribution in [0.5, 0.6) is 6.01 Å². The van der Waals surface area contributed by atoms with Crippen molar-refractivity contribution in [2.24, 2.45) is 0 Å². The number of thioether (sulfide) groups is 1. The summed E-state index contributed by atoms with van der Waals surface area (Å²) in [5, 5.41) is 0.609. The van der Waals surface area contributed by atoms with Crippen molar-refractivity contribution in [1.29, 1.82) is 0 Å². The summed E-state index contributed by atoms with van der Waals surface area (Å²) < 4.78 is 5.19. The minimum absolute atomic E-state index is 0.200. The van der Waals surface area contributed by atoms with Crippen LogP contribution in [0.2, 0.25) is 0 Å². The van der Waals surface area contributed by atoms with E-state index in [4.69, 9.17) is 10.5 Å². The summed E-state index contributed by atoms with van der Waals surface area (Å²) in [7, 11) is 4.04. The molecular weight excluding hydrogens is 226 g/mol. The number of hydrogen-bond acceptors (Lipinski definition) is 7. The molecule has 16 heavy (non-hydrogen) atoms. The Hall–Kier alpha value is -1.08. The molecule has 0 bridgehead atoms. The van der Waals surface area contributed by atoms with Crippen molar-refractivity contribution in [2.45, 2.75) is 12.1 Å². The highest BCUT2D eigenvalue weighted by Crippen LogP contribution is 2.16. The second-order valence-electron chi connectivity index (χ2n) is 3.34. The molecule has 7 heteroatoms. The van der Waals surface area contributed by atoms with Gasteiger partial charge in [-0.25, -0.2) is 0 Å². The van der Waals surface area contributed by atoms with Crippen molar-refractivity contribution >= 4 is 17.7 Å². The molecule has 1 rings (SSSR count). The first kappa shape index (κ1) is 13.0. The van der Waals surface area contributed by atoms with Crippen molar-refractivity contribution in [2.75, 3.05) is 38.7 Å². The molecule has 6 nitrogen and oxygen atoms in total. The molecule has 0 aliphatic rings. The molecule has 2 N–H and O–H groups in total. The van der Waals surface area contributed by atoms with Crippen molar-refractivity contribution < 1.29 is 4.74 Å². The molecule has 0 saturated heterocycles. The van der Waals surface area contributed by atoms with Gasteiger partial charge in [-0.2, -0.15) is 15.0 Å². The van der Waals surface area contributed by atoms with Gasteiger partial charge in [0.1, 0.15) is 0 Å². The number of aromatic nitrogens is 3. The molecule has 0 radical (unpaired) electrons. The van der Waals surface area contributed by atoms with E-state index in [1.807, 2.05) is 21.0 Å². The summed E-state index contributed by atoms with van der Waals surface area (Å²) in [5.74, 6) is 1.10. The van der Waals surface area contributed by atoms with E-state index in [1.165, 1.54) is 11.8 Å². The van der Waals surface area contributed by atoms with Crippen LogP contribution in [0.4, 0.5) is 5.95 Å². The molecule has 0 fully saturated rings. The third kappa shape index (κ3) is 4.63. The minimum atomic E-state index is 0.200. The third-order valence-corrected chi connectivity index (χ3v) is 2.48. The van der Waals surface area contributed by atoms with E-state index < -0.39 is 0 Å². The van der Waals surface area contributed by atoms with Crippen LogP contribution in [0.3, 0.4) is 0 Å². The van der Waals surface area contributed by atoms with E-state index in [0.29, 0.717) is 17.8 Å². The van der Waals surface area contributed by atoms with E-state index in [0.717, 1.165) is 12.3 Å².